The molecule has 0 aliphatic carbocycles. The van der Waals surface area contributed by atoms with Crippen molar-refractivity contribution in [1.82, 2.24) is 10.2 Å². The third kappa shape index (κ3) is 4.01. The second-order valence-corrected chi connectivity index (χ2v) is 5.56. The smallest absolute Gasteiger partial charge is 0.134 e. The summed E-state index contributed by atoms with van der Waals surface area (Å²) in [5.41, 5.74) is 7.12. The van der Waals surface area contributed by atoms with E-state index in [1.165, 1.54) is 5.56 Å². The van der Waals surface area contributed by atoms with Gasteiger partial charge in [0.15, 0.2) is 0 Å². The van der Waals surface area contributed by atoms with Crippen molar-refractivity contribution < 1.29 is 4.74 Å². The Labute approximate surface area is 117 Å². The fourth-order valence-corrected chi connectivity index (χ4v) is 2.56. The van der Waals surface area contributed by atoms with Gasteiger partial charge in [0, 0.05) is 6.42 Å². The molecule has 1 aromatic heterocycles. The lowest BCUT2D eigenvalue weighted by atomic mass is 10.2. The second kappa shape index (κ2) is 6.63. The molecule has 0 bridgehead atoms. The van der Waals surface area contributed by atoms with Gasteiger partial charge in [-0.15, -0.1) is 10.2 Å². The number of benzene rings is 1. The fraction of sp³-hybridized carbons (Fsp3) is 0.429. The monoisotopic (exact) mass is 277 g/mol. The first-order chi connectivity index (χ1) is 9.19. The van der Waals surface area contributed by atoms with Crippen LogP contribution >= 0.6 is 11.3 Å². The zero-order valence-corrected chi connectivity index (χ0v) is 12.1. The molecule has 2 N–H and O–H groups in total. The number of hydrogen-bond acceptors (Lipinski definition) is 5. The summed E-state index contributed by atoms with van der Waals surface area (Å²) in [6, 6.07) is 8.04. The van der Waals surface area contributed by atoms with Crippen molar-refractivity contribution in [2.45, 2.75) is 32.7 Å². The first-order valence-corrected chi connectivity index (χ1v) is 7.28. The molecule has 1 aromatic carbocycles. The van der Waals surface area contributed by atoms with Crippen molar-refractivity contribution in [3.05, 3.63) is 39.8 Å². The minimum absolute atomic E-state index is 0.00365. The highest BCUT2D eigenvalue weighted by atomic mass is 32.1. The predicted octanol–water partition coefficient (Wildman–Crippen LogP) is 2.88. The number of nitrogens with zero attached hydrogens (tertiary/aromatic N) is 2. The SMILES string of the molecule is CCC(N)c1nnc(CCOc2cccc(C)c2)s1. The highest BCUT2D eigenvalue weighted by Crippen LogP contribution is 2.19. The van der Waals surface area contributed by atoms with Gasteiger partial charge in [-0.05, 0) is 31.0 Å². The first-order valence-electron chi connectivity index (χ1n) is 6.46. The van der Waals surface area contributed by atoms with Gasteiger partial charge in [-0.3, -0.25) is 0 Å². The van der Waals surface area contributed by atoms with Gasteiger partial charge in [0.05, 0.1) is 12.6 Å². The summed E-state index contributed by atoms with van der Waals surface area (Å²) in [5, 5.41) is 10.1. The van der Waals surface area contributed by atoms with Gasteiger partial charge in [0.25, 0.3) is 0 Å². The van der Waals surface area contributed by atoms with Crippen LogP contribution in [-0.2, 0) is 6.42 Å². The van der Waals surface area contributed by atoms with E-state index in [0.717, 1.165) is 28.6 Å². The van der Waals surface area contributed by atoms with E-state index in [2.05, 4.69) is 23.2 Å². The Morgan fingerprint density at radius 1 is 1.37 bits per heavy atom. The molecule has 19 heavy (non-hydrogen) atoms. The molecule has 4 nitrogen and oxygen atoms in total. The van der Waals surface area contributed by atoms with E-state index < -0.39 is 0 Å². The van der Waals surface area contributed by atoms with Crippen molar-refractivity contribution in [2.75, 3.05) is 6.61 Å². The van der Waals surface area contributed by atoms with Crippen LogP contribution in [0.4, 0.5) is 0 Å². The van der Waals surface area contributed by atoms with Crippen LogP contribution in [0.25, 0.3) is 0 Å². The molecule has 0 fully saturated rings. The quantitative estimate of drug-likeness (QED) is 0.882. The Hall–Kier alpha value is -1.46. The van der Waals surface area contributed by atoms with Crippen molar-refractivity contribution in [3.63, 3.8) is 0 Å². The molecule has 1 heterocycles. The zero-order chi connectivity index (χ0) is 13.7. The van der Waals surface area contributed by atoms with Crippen LogP contribution in [0.2, 0.25) is 0 Å². The molecule has 0 spiro atoms. The van der Waals surface area contributed by atoms with E-state index in [1.807, 2.05) is 25.1 Å². The molecular formula is C14H19N3OS. The molecule has 0 aliphatic heterocycles. The van der Waals surface area contributed by atoms with E-state index in [0.29, 0.717) is 6.61 Å². The van der Waals surface area contributed by atoms with Gasteiger partial charge in [0.2, 0.25) is 0 Å². The van der Waals surface area contributed by atoms with Gasteiger partial charge < -0.3 is 10.5 Å². The Bertz CT molecular complexity index is 527. The normalized spacial score (nSPS) is 12.4. The van der Waals surface area contributed by atoms with Gasteiger partial charge in [-0.25, -0.2) is 0 Å². The van der Waals surface area contributed by atoms with Gasteiger partial charge in [-0.1, -0.05) is 30.4 Å². The fourth-order valence-electron chi connectivity index (χ4n) is 1.65. The average molecular weight is 277 g/mol. The molecule has 1 unspecified atom stereocenters. The number of aromatic nitrogens is 2. The van der Waals surface area contributed by atoms with Crippen LogP contribution in [0, 0.1) is 6.92 Å². The lowest BCUT2D eigenvalue weighted by molar-refractivity contribution is 0.321. The summed E-state index contributed by atoms with van der Waals surface area (Å²) in [7, 11) is 0. The molecule has 0 amide bonds. The number of aryl methyl sites for hydroxylation is 1. The molecule has 2 rings (SSSR count). The summed E-state index contributed by atoms with van der Waals surface area (Å²) in [6.45, 7) is 4.71. The number of ether oxygens (including phenoxy) is 1. The van der Waals surface area contributed by atoms with E-state index >= 15 is 0 Å². The van der Waals surface area contributed by atoms with E-state index in [-0.39, 0.29) is 6.04 Å². The van der Waals surface area contributed by atoms with Crippen LogP contribution in [0.5, 0.6) is 5.75 Å². The third-order valence-electron chi connectivity index (χ3n) is 2.81. The predicted molar refractivity (Wildman–Crippen MR) is 77.5 cm³/mol. The van der Waals surface area contributed by atoms with Crippen molar-refractivity contribution in [2.24, 2.45) is 5.73 Å². The molecule has 102 valence electrons. The Morgan fingerprint density at radius 2 is 2.21 bits per heavy atom. The molecule has 1 atom stereocenters. The summed E-state index contributed by atoms with van der Waals surface area (Å²) in [4.78, 5) is 0. The molecule has 2 aromatic rings. The molecule has 0 radical (unpaired) electrons. The van der Waals surface area contributed by atoms with Crippen LogP contribution in [0.1, 0.15) is 35.0 Å². The molecule has 0 saturated carbocycles. The molecule has 0 saturated heterocycles. The molecular weight excluding hydrogens is 258 g/mol. The van der Waals surface area contributed by atoms with Gasteiger partial charge in [0.1, 0.15) is 15.8 Å². The number of hydrogen-bond donors (Lipinski definition) is 1. The lowest BCUT2D eigenvalue weighted by Crippen LogP contribution is -2.07. The van der Waals surface area contributed by atoms with Crippen molar-refractivity contribution in [3.8, 4) is 5.75 Å². The highest BCUT2D eigenvalue weighted by molar-refractivity contribution is 7.11. The Kier molecular flexibility index (Phi) is 4.87. The maximum Gasteiger partial charge on any atom is 0.134 e. The average Bonchev–Trinajstić information content (AvgIpc) is 2.87. The Morgan fingerprint density at radius 3 is 2.95 bits per heavy atom. The number of rotatable bonds is 6. The topological polar surface area (TPSA) is 61.0 Å². The largest absolute Gasteiger partial charge is 0.493 e. The van der Waals surface area contributed by atoms with E-state index in [9.17, 15) is 0 Å². The van der Waals surface area contributed by atoms with Crippen LogP contribution in [0.15, 0.2) is 24.3 Å². The van der Waals surface area contributed by atoms with Gasteiger partial charge >= 0.3 is 0 Å². The standard InChI is InChI=1S/C14H19N3OS/c1-3-12(15)14-17-16-13(19-14)7-8-18-11-6-4-5-10(2)9-11/h4-6,9,12H,3,7-8,15H2,1-2H3. The molecule has 0 aliphatic rings. The van der Waals surface area contributed by atoms with Crippen molar-refractivity contribution in [1.29, 1.82) is 0 Å². The minimum Gasteiger partial charge on any atom is -0.493 e. The maximum absolute atomic E-state index is 5.92. The first kappa shape index (κ1) is 14.0. The lowest BCUT2D eigenvalue weighted by Gasteiger charge is -2.05. The maximum atomic E-state index is 5.92. The Balaban J connectivity index is 1.84. The third-order valence-corrected chi connectivity index (χ3v) is 3.93. The minimum atomic E-state index is 0.00365. The van der Waals surface area contributed by atoms with E-state index in [1.54, 1.807) is 11.3 Å². The number of nitrogens with two attached hydrogens (primary N) is 1. The summed E-state index contributed by atoms with van der Waals surface area (Å²) in [5.74, 6) is 0.898. The summed E-state index contributed by atoms with van der Waals surface area (Å²) in [6.07, 6.45) is 1.65. The summed E-state index contributed by atoms with van der Waals surface area (Å²) >= 11 is 1.58. The summed E-state index contributed by atoms with van der Waals surface area (Å²) < 4.78 is 5.69. The van der Waals surface area contributed by atoms with Gasteiger partial charge in [-0.2, -0.15) is 0 Å². The van der Waals surface area contributed by atoms with Crippen molar-refractivity contribution >= 4 is 11.3 Å². The van der Waals surface area contributed by atoms with Crippen LogP contribution in [0.3, 0.4) is 0 Å². The van der Waals surface area contributed by atoms with Crippen LogP contribution in [-0.4, -0.2) is 16.8 Å². The molecule has 5 heteroatoms. The zero-order valence-electron chi connectivity index (χ0n) is 11.3. The van der Waals surface area contributed by atoms with E-state index in [4.69, 9.17) is 10.5 Å². The van der Waals surface area contributed by atoms with Crippen LogP contribution < -0.4 is 10.5 Å². The highest BCUT2D eigenvalue weighted by Gasteiger charge is 2.10. The second-order valence-electron chi connectivity index (χ2n) is 4.46.